The molecule has 25 heavy (non-hydrogen) atoms. The molecule has 2 aromatic rings. The van der Waals surface area contributed by atoms with Crippen LogP contribution in [0.1, 0.15) is 17.1 Å². The van der Waals surface area contributed by atoms with Gasteiger partial charge in [-0.15, -0.1) is 0 Å². The summed E-state index contributed by atoms with van der Waals surface area (Å²) >= 11 is 0. The van der Waals surface area contributed by atoms with Gasteiger partial charge >= 0.3 is 12.1 Å². The monoisotopic (exact) mass is 354 g/mol. The molecule has 0 radical (unpaired) electrons. The third kappa shape index (κ3) is 4.93. The number of nitrogens with zero attached hydrogens (tertiary/aromatic N) is 2. The molecular weight excluding hydrogens is 341 g/mol. The minimum absolute atomic E-state index is 0.0928. The van der Waals surface area contributed by atoms with Gasteiger partial charge < -0.3 is 14.6 Å². The Morgan fingerprint density at radius 3 is 2.52 bits per heavy atom. The van der Waals surface area contributed by atoms with Crippen LogP contribution in [0.2, 0.25) is 0 Å². The van der Waals surface area contributed by atoms with Crippen LogP contribution < -0.4 is 9.47 Å². The van der Waals surface area contributed by atoms with Crippen molar-refractivity contribution in [1.82, 2.24) is 9.97 Å². The first kappa shape index (κ1) is 18.2. The zero-order valence-electron chi connectivity index (χ0n) is 13.2. The van der Waals surface area contributed by atoms with Gasteiger partial charge in [-0.2, -0.15) is 18.2 Å². The number of rotatable bonds is 5. The van der Waals surface area contributed by atoms with Crippen molar-refractivity contribution in [2.75, 3.05) is 7.11 Å². The maximum atomic E-state index is 12.8. The lowest BCUT2D eigenvalue weighted by Gasteiger charge is -2.12. The summed E-state index contributed by atoms with van der Waals surface area (Å²) in [6.45, 7) is 1.32. The average Bonchev–Trinajstić information content (AvgIpc) is 2.52. The molecule has 0 saturated carbocycles. The van der Waals surface area contributed by atoms with Gasteiger partial charge in [0.2, 0.25) is 5.88 Å². The van der Waals surface area contributed by atoms with Crippen molar-refractivity contribution in [3.05, 3.63) is 47.4 Å². The molecule has 0 aliphatic heterocycles. The van der Waals surface area contributed by atoms with Crippen LogP contribution in [-0.4, -0.2) is 28.2 Å². The number of hydrogen-bond acceptors (Lipinski definition) is 5. The minimum Gasteiger partial charge on any atom is -0.493 e. The normalized spacial score (nSPS) is 11.6. The Hall–Kier alpha value is -3.10. The molecule has 9 heteroatoms. The number of benzene rings is 1. The highest BCUT2D eigenvalue weighted by atomic mass is 19.4. The Balaban J connectivity index is 2.34. The lowest BCUT2D eigenvalue weighted by molar-refractivity contribution is -0.141. The fraction of sp³-hybridized carbons (Fsp3) is 0.188. The van der Waals surface area contributed by atoms with E-state index in [2.05, 4.69) is 9.97 Å². The Morgan fingerprint density at radius 2 is 1.92 bits per heavy atom. The Bertz CT molecular complexity index is 820. The molecule has 0 saturated heterocycles. The van der Waals surface area contributed by atoms with E-state index >= 15 is 0 Å². The van der Waals surface area contributed by atoms with Gasteiger partial charge in [-0.1, -0.05) is 6.07 Å². The molecule has 0 aliphatic rings. The molecule has 0 bridgehead atoms. The molecule has 0 spiro atoms. The molecule has 0 atom stereocenters. The van der Waals surface area contributed by atoms with Crippen molar-refractivity contribution in [2.24, 2.45) is 0 Å². The summed E-state index contributed by atoms with van der Waals surface area (Å²) in [6, 6.07) is 5.12. The van der Waals surface area contributed by atoms with E-state index in [-0.39, 0.29) is 23.2 Å². The zero-order chi connectivity index (χ0) is 18.6. The van der Waals surface area contributed by atoms with Crippen molar-refractivity contribution in [1.29, 1.82) is 0 Å². The van der Waals surface area contributed by atoms with Crippen molar-refractivity contribution < 1.29 is 32.5 Å². The molecule has 0 fully saturated rings. The van der Waals surface area contributed by atoms with Crippen LogP contribution in [-0.2, 0) is 11.0 Å². The number of halogens is 3. The third-order valence-electron chi connectivity index (χ3n) is 2.93. The summed E-state index contributed by atoms with van der Waals surface area (Å²) in [7, 11) is 1.35. The summed E-state index contributed by atoms with van der Waals surface area (Å²) in [5.41, 5.74) is -0.601. The van der Waals surface area contributed by atoms with E-state index in [1.54, 1.807) is 0 Å². The summed E-state index contributed by atoms with van der Waals surface area (Å²) in [5, 5.41) is 8.62. The molecule has 0 amide bonds. The molecule has 1 N–H and O–H groups in total. The van der Waals surface area contributed by atoms with Gasteiger partial charge in [-0.25, -0.2) is 9.78 Å². The molecule has 1 heterocycles. The fourth-order valence-corrected chi connectivity index (χ4v) is 1.89. The number of aromatic nitrogens is 2. The highest BCUT2D eigenvalue weighted by Crippen LogP contribution is 2.34. The van der Waals surface area contributed by atoms with Crippen LogP contribution in [0.5, 0.6) is 17.4 Å². The third-order valence-corrected chi connectivity index (χ3v) is 2.93. The van der Waals surface area contributed by atoms with Gasteiger partial charge in [-0.3, -0.25) is 0 Å². The van der Waals surface area contributed by atoms with Gasteiger partial charge in [-0.05, 0) is 30.7 Å². The van der Waals surface area contributed by atoms with E-state index in [9.17, 15) is 18.0 Å². The maximum absolute atomic E-state index is 12.8. The number of alkyl halides is 3. The van der Waals surface area contributed by atoms with Crippen molar-refractivity contribution in [3.8, 4) is 17.4 Å². The molecule has 132 valence electrons. The summed E-state index contributed by atoms with van der Waals surface area (Å²) < 4.78 is 48.9. The Labute approximate surface area is 140 Å². The molecule has 0 aliphatic carbocycles. The highest BCUT2D eigenvalue weighted by molar-refractivity contribution is 5.85. The van der Waals surface area contributed by atoms with Crippen LogP contribution >= 0.6 is 0 Å². The fourth-order valence-electron chi connectivity index (χ4n) is 1.89. The molecule has 1 aromatic heterocycles. The van der Waals surface area contributed by atoms with E-state index in [1.807, 2.05) is 0 Å². The second kappa shape index (κ2) is 7.20. The predicted molar refractivity (Wildman–Crippen MR) is 81.5 cm³/mol. The lowest BCUT2D eigenvalue weighted by atomic mass is 10.2. The zero-order valence-corrected chi connectivity index (χ0v) is 13.2. The average molecular weight is 354 g/mol. The van der Waals surface area contributed by atoms with Gasteiger partial charge in [0.05, 0.1) is 7.11 Å². The number of aryl methyl sites for hydroxylation is 1. The number of aliphatic carboxylic acids is 1. The van der Waals surface area contributed by atoms with E-state index in [4.69, 9.17) is 14.6 Å². The topological polar surface area (TPSA) is 81.5 Å². The SMILES string of the molecule is COc1cc(C=CC(=O)O)ccc1Oc1cc(C(F)(F)F)nc(C)n1. The number of methoxy groups -OCH3 is 1. The van der Waals surface area contributed by atoms with Gasteiger partial charge in [0.1, 0.15) is 5.82 Å². The van der Waals surface area contributed by atoms with Gasteiger partial charge in [0.25, 0.3) is 0 Å². The summed E-state index contributed by atoms with van der Waals surface area (Å²) in [4.78, 5) is 17.7. The summed E-state index contributed by atoms with van der Waals surface area (Å²) in [6.07, 6.45) is -2.34. The van der Waals surface area contributed by atoms with Crippen LogP contribution in [0.15, 0.2) is 30.3 Å². The Morgan fingerprint density at radius 1 is 1.20 bits per heavy atom. The molecular formula is C16H13F3N2O4. The first-order valence-electron chi connectivity index (χ1n) is 6.89. The standard InChI is InChI=1S/C16H13F3N2O4/c1-9-20-13(16(17,18)19)8-14(21-9)25-11-5-3-10(4-6-15(22)23)7-12(11)24-2/h3-8H,1-2H3,(H,22,23). The highest BCUT2D eigenvalue weighted by Gasteiger charge is 2.33. The van der Waals surface area contributed by atoms with Crippen LogP contribution in [0.25, 0.3) is 6.08 Å². The maximum Gasteiger partial charge on any atom is 0.433 e. The second-order valence-corrected chi connectivity index (χ2v) is 4.82. The number of carbonyl (C=O) groups is 1. The number of hydrogen-bond donors (Lipinski definition) is 1. The van der Waals surface area contributed by atoms with E-state index in [0.29, 0.717) is 11.6 Å². The first-order valence-corrected chi connectivity index (χ1v) is 6.89. The molecule has 6 nitrogen and oxygen atoms in total. The molecule has 2 rings (SSSR count). The van der Waals surface area contributed by atoms with Crippen LogP contribution in [0.4, 0.5) is 13.2 Å². The van der Waals surface area contributed by atoms with Crippen LogP contribution in [0, 0.1) is 6.92 Å². The number of carboxylic acid groups (broad SMARTS) is 1. The van der Waals surface area contributed by atoms with Crippen molar-refractivity contribution >= 4 is 12.0 Å². The van der Waals surface area contributed by atoms with Gasteiger partial charge in [0.15, 0.2) is 17.2 Å². The largest absolute Gasteiger partial charge is 0.493 e. The molecule has 1 aromatic carbocycles. The molecule has 0 unspecified atom stereocenters. The van der Waals surface area contributed by atoms with Crippen molar-refractivity contribution in [2.45, 2.75) is 13.1 Å². The summed E-state index contributed by atoms with van der Waals surface area (Å²) in [5.74, 6) is -1.16. The van der Waals surface area contributed by atoms with E-state index in [1.165, 1.54) is 38.3 Å². The smallest absolute Gasteiger partial charge is 0.433 e. The van der Waals surface area contributed by atoms with Crippen molar-refractivity contribution in [3.63, 3.8) is 0 Å². The second-order valence-electron chi connectivity index (χ2n) is 4.82. The minimum atomic E-state index is -4.62. The quantitative estimate of drug-likeness (QED) is 0.825. The van der Waals surface area contributed by atoms with Crippen LogP contribution in [0.3, 0.4) is 0 Å². The number of carboxylic acids is 1. The van der Waals surface area contributed by atoms with Gasteiger partial charge in [0, 0.05) is 12.1 Å². The lowest BCUT2D eigenvalue weighted by Crippen LogP contribution is -2.10. The predicted octanol–water partition coefficient (Wildman–Crippen LogP) is 3.70. The number of ether oxygens (including phenoxy) is 2. The Kier molecular flexibility index (Phi) is 5.26. The van der Waals surface area contributed by atoms with E-state index in [0.717, 1.165) is 6.08 Å². The first-order chi connectivity index (χ1) is 11.7. The van der Waals surface area contributed by atoms with E-state index < -0.39 is 17.8 Å².